The lowest BCUT2D eigenvalue weighted by Gasteiger charge is -2.05. The zero-order valence-electron chi connectivity index (χ0n) is 13.4. The van der Waals surface area contributed by atoms with E-state index in [0.29, 0.717) is 35.0 Å². The molecule has 4 aromatic rings. The molecule has 0 fully saturated rings. The first-order valence-electron chi connectivity index (χ1n) is 7.74. The van der Waals surface area contributed by atoms with Crippen molar-refractivity contribution in [1.29, 1.82) is 0 Å². The highest BCUT2D eigenvalue weighted by atomic mass is 32.1. The molecule has 0 bridgehead atoms. The Balaban J connectivity index is 1.56. The first-order chi connectivity index (χ1) is 12.1. The van der Waals surface area contributed by atoms with Crippen molar-refractivity contribution in [3.8, 4) is 0 Å². The number of hydrogen-bond acceptors (Lipinski definition) is 6. The second-order valence-electron chi connectivity index (χ2n) is 5.61. The Hall–Kier alpha value is -2.94. The molecule has 1 N–H and O–H groups in total. The fourth-order valence-electron chi connectivity index (χ4n) is 2.73. The van der Waals surface area contributed by atoms with Gasteiger partial charge in [0.25, 0.3) is 5.56 Å². The van der Waals surface area contributed by atoms with E-state index in [-0.39, 0.29) is 17.9 Å². The minimum atomic E-state index is -0.0977. The van der Waals surface area contributed by atoms with Crippen molar-refractivity contribution in [2.75, 3.05) is 0 Å². The minimum absolute atomic E-state index is 0.0901. The predicted molar refractivity (Wildman–Crippen MR) is 92.5 cm³/mol. The smallest absolute Gasteiger partial charge is 0.272 e. The monoisotopic (exact) mass is 357 g/mol. The van der Waals surface area contributed by atoms with Crippen LogP contribution in [-0.4, -0.2) is 25.1 Å². The number of carbonyl (C=O) groups excluding carboxylic acids is 1. The van der Waals surface area contributed by atoms with Gasteiger partial charge in [0.2, 0.25) is 11.7 Å². The molecule has 25 heavy (non-hydrogen) atoms. The number of rotatable bonds is 5. The second kappa shape index (κ2) is 6.17. The van der Waals surface area contributed by atoms with Gasteiger partial charge in [0.1, 0.15) is 16.3 Å². The van der Waals surface area contributed by atoms with Crippen molar-refractivity contribution in [3.05, 3.63) is 51.8 Å². The third-order valence-corrected chi connectivity index (χ3v) is 4.90. The molecule has 0 saturated heterocycles. The quantitative estimate of drug-likeness (QED) is 0.584. The summed E-state index contributed by atoms with van der Waals surface area (Å²) in [5.74, 6) is 1.74. The average Bonchev–Trinajstić information content (AvgIpc) is 3.35. The highest BCUT2D eigenvalue weighted by Crippen LogP contribution is 2.19. The van der Waals surface area contributed by atoms with Gasteiger partial charge in [-0.1, -0.05) is 0 Å². The number of furan rings is 1. The summed E-state index contributed by atoms with van der Waals surface area (Å²) in [6.07, 6.45) is 2.27. The Kier molecular flexibility index (Phi) is 3.85. The largest absolute Gasteiger partial charge is 0.467 e. The summed E-state index contributed by atoms with van der Waals surface area (Å²) in [7, 11) is 1.67. The number of nitrogens with zero attached hydrogens (tertiary/aromatic N) is 4. The summed E-state index contributed by atoms with van der Waals surface area (Å²) in [6.45, 7) is 0.357. The minimum Gasteiger partial charge on any atom is -0.467 e. The normalized spacial score (nSPS) is 11.4. The van der Waals surface area contributed by atoms with E-state index in [1.807, 2.05) is 15.8 Å². The highest BCUT2D eigenvalue weighted by Gasteiger charge is 2.16. The number of carbonyl (C=O) groups is 1. The van der Waals surface area contributed by atoms with Crippen LogP contribution in [0.15, 0.2) is 39.1 Å². The van der Waals surface area contributed by atoms with E-state index in [4.69, 9.17) is 4.42 Å². The van der Waals surface area contributed by atoms with Crippen LogP contribution in [0.1, 0.15) is 18.0 Å². The Morgan fingerprint density at radius 1 is 1.36 bits per heavy atom. The van der Waals surface area contributed by atoms with E-state index >= 15 is 0 Å². The lowest BCUT2D eigenvalue weighted by atomic mass is 10.2. The molecule has 0 radical (unpaired) electrons. The molecular weight excluding hydrogens is 342 g/mol. The second-order valence-corrected chi connectivity index (χ2v) is 6.52. The summed E-state index contributed by atoms with van der Waals surface area (Å²) in [5, 5.41) is 12.9. The van der Waals surface area contributed by atoms with Gasteiger partial charge in [-0.05, 0) is 23.6 Å². The molecule has 4 heterocycles. The number of nitrogens with one attached hydrogen (secondary N) is 1. The molecule has 1 amide bonds. The van der Waals surface area contributed by atoms with Gasteiger partial charge >= 0.3 is 0 Å². The Morgan fingerprint density at radius 3 is 3.04 bits per heavy atom. The first kappa shape index (κ1) is 15.6. The third kappa shape index (κ3) is 2.72. The van der Waals surface area contributed by atoms with Gasteiger partial charge in [0, 0.05) is 19.9 Å². The SMILES string of the molecule is Cn1c(=O)c2sccc2n2c(CCC(=O)NCc3ccco3)nnc12. The van der Waals surface area contributed by atoms with Crippen LogP contribution >= 0.6 is 11.3 Å². The van der Waals surface area contributed by atoms with Crippen molar-refractivity contribution in [1.82, 2.24) is 24.5 Å². The van der Waals surface area contributed by atoms with E-state index in [1.54, 1.807) is 25.4 Å². The molecule has 128 valence electrons. The molecule has 0 aliphatic carbocycles. The lowest BCUT2D eigenvalue weighted by Crippen LogP contribution is -2.23. The molecular formula is C16H15N5O3S. The maximum atomic E-state index is 12.3. The Morgan fingerprint density at radius 2 is 2.24 bits per heavy atom. The standard InChI is InChI=1S/C16H15N5O3S/c1-20-15(23)14-11(6-8-25-14)21-12(18-19-16(20)21)4-5-13(22)17-9-10-3-2-7-24-10/h2-3,6-8H,4-5,9H2,1H3,(H,17,22). The van der Waals surface area contributed by atoms with E-state index in [2.05, 4.69) is 15.5 Å². The van der Waals surface area contributed by atoms with Gasteiger partial charge < -0.3 is 9.73 Å². The van der Waals surface area contributed by atoms with Crippen LogP contribution in [0.3, 0.4) is 0 Å². The van der Waals surface area contributed by atoms with Crippen LogP contribution in [0.5, 0.6) is 0 Å². The topological polar surface area (TPSA) is 94.4 Å². The summed E-state index contributed by atoms with van der Waals surface area (Å²) in [5.41, 5.74) is 0.687. The van der Waals surface area contributed by atoms with Crippen LogP contribution < -0.4 is 10.9 Å². The predicted octanol–water partition coefficient (Wildman–Crippen LogP) is 1.48. The molecule has 9 heteroatoms. The molecule has 4 rings (SSSR count). The van der Waals surface area contributed by atoms with E-state index < -0.39 is 0 Å². The maximum absolute atomic E-state index is 12.3. The molecule has 0 atom stereocenters. The lowest BCUT2D eigenvalue weighted by molar-refractivity contribution is -0.121. The van der Waals surface area contributed by atoms with Crippen LogP contribution in [0.2, 0.25) is 0 Å². The van der Waals surface area contributed by atoms with Crippen molar-refractivity contribution < 1.29 is 9.21 Å². The number of aromatic nitrogens is 4. The van der Waals surface area contributed by atoms with E-state index in [9.17, 15) is 9.59 Å². The number of thiophene rings is 1. The molecule has 0 spiro atoms. The van der Waals surface area contributed by atoms with Crippen LogP contribution in [0, 0.1) is 0 Å². The summed E-state index contributed by atoms with van der Waals surface area (Å²) >= 11 is 1.39. The molecule has 4 aromatic heterocycles. The van der Waals surface area contributed by atoms with Crippen LogP contribution in [-0.2, 0) is 24.8 Å². The number of hydrogen-bond donors (Lipinski definition) is 1. The fraction of sp³-hybridized carbons (Fsp3) is 0.250. The molecule has 0 aliphatic rings. The molecule has 0 unspecified atom stereocenters. The first-order valence-corrected chi connectivity index (χ1v) is 8.62. The maximum Gasteiger partial charge on any atom is 0.272 e. The Labute approximate surface area is 145 Å². The molecule has 0 aromatic carbocycles. The summed E-state index contributed by atoms with van der Waals surface area (Å²) in [4.78, 5) is 24.3. The average molecular weight is 357 g/mol. The number of fused-ring (bicyclic) bond motifs is 3. The van der Waals surface area contributed by atoms with Gasteiger partial charge in [0.05, 0.1) is 18.3 Å². The van der Waals surface area contributed by atoms with Gasteiger partial charge in [0.15, 0.2) is 0 Å². The number of aryl methyl sites for hydroxylation is 2. The van der Waals surface area contributed by atoms with E-state index in [1.165, 1.54) is 15.9 Å². The molecule has 0 saturated carbocycles. The summed E-state index contributed by atoms with van der Waals surface area (Å²) in [6, 6.07) is 5.46. The van der Waals surface area contributed by atoms with Gasteiger partial charge in [-0.15, -0.1) is 21.5 Å². The van der Waals surface area contributed by atoms with Gasteiger partial charge in [-0.25, -0.2) is 0 Å². The van der Waals surface area contributed by atoms with Crippen LogP contribution in [0.4, 0.5) is 0 Å². The van der Waals surface area contributed by atoms with Crippen molar-refractivity contribution in [2.45, 2.75) is 19.4 Å². The van der Waals surface area contributed by atoms with Crippen molar-refractivity contribution in [2.24, 2.45) is 7.05 Å². The fourth-order valence-corrected chi connectivity index (χ4v) is 3.58. The zero-order valence-corrected chi connectivity index (χ0v) is 14.2. The summed E-state index contributed by atoms with van der Waals surface area (Å²) < 4.78 is 9.15. The zero-order chi connectivity index (χ0) is 17.4. The Bertz CT molecular complexity index is 1110. The van der Waals surface area contributed by atoms with Gasteiger partial charge in [-0.3, -0.25) is 18.6 Å². The molecule has 0 aliphatic heterocycles. The highest BCUT2D eigenvalue weighted by molar-refractivity contribution is 7.17. The molecule has 8 nitrogen and oxygen atoms in total. The third-order valence-electron chi connectivity index (χ3n) is 4.01. The van der Waals surface area contributed by atoms with E-state index in [0.717, 1.165) is 5.52 Å². The van der Waals surface area contributed by atoms with Crippen molar-refractivity contribution in [3.63, 3.8) is 0 Å². The number of amides is 1. The van der Waals surface area contributed by atoms with Crippen LogP contribution in [0.25, 0.3) is 16.0 Å². The van der Waals surface area contributed by atoms with Gasteiger partial charge in [-0.2, -0.15) is 0 Å². The van der Waals surface area contributed by atoms with Crippen molar-refractivity contribution >= 4 is 33.2 Å².